The summed E-state index contributed by atoms with van der Waals surface area (Å²) in [5.41, 5.74) is 6.07. The first-order valence-corrected chi connectivity index (χ1v) is 3.92. The molecule has 0 saturated heterocycles. The van der Waals surface area contributed by atoms with Crippen LogP contribution in [0.25, 0.3) is 6.08 Å². The molecule has 70 valence electrons. The van der Waals surface area contributed by atoms with Gasteiger partial charge in [0.1, 0.15) is 0 Å². The Morgan fingerprint density at radius 1 is 1.62 bits per heavy atom. The van der Waals surface area contributed by atoms with Crippen LogP contribution in [0.5, 0.6) is 0 Å². The van der Waals surface area contributed by atoms with E-state index >= 15 is 0 Å². The van der Waals surface area contributed by atoms with Crippen molar-refractivity contribution in [1.29, 1.82) is 0 Å². The highest BCUT2D eigenvalue weighted by atomic mass is 19.1. The molecule has 0 unspecified atom stereocenters. The largest absolute Gasteiger partial charge is 0.396 e. The van der Waals surface area contributed by atoms with Crippen LogP contribution in [0.4, 0.5) is 10.1 Å². The zero-order valence-electron chi connectivity index (χ0n) is 7.07. The van der Waals surface area contributed by atoms with Crippen LogP contribution in [0.3, 0.4) is 0 Å². The van der Waals surface area contributed by atoms with Gasteiger partial charge >= 0.3 is 0 Å². The minimum atomic E-state index is -0.653. The van der Waals surface area contributed by atoms with Crippen LogP contribution < -0.4 is 5.73 Å². The Labute approximate surface area is 75.7 Å². The minimum Gasteiger partial charge on any atom is -0.396 e. The first kappa shape index (κ1) is 9.67. The molecule has 0 aliphatic carbocycles. The van der Waals surface area contributed by atoms with Crippen molar-refractivity contribution in [3.63, 3.8) is 0 Å². The molecule has 3 N–H and O–H groups in total. The number of pyridine rings is 1. The van der Waals surface area contributed by atoms with Gasteiger partial charge in [0.05, 0.1) is 5.69 Å². The van der Waals surface area contributed by atoms with Crippen molar-refractivity contribution in [3.8, 4) is 0 Å². The lowest BCUT2D eigenvalue weighted by Crippen LogP contribution is -1.93. The van der Waals surface area contributed by atoms with E-state index in [2.05, 4.69) is 4.98 Å². The second-order valence-electron chi connectivity index (χ2n) is 2.56. The number of aliphatic hydroxyl groups is 1. The quantitative estimate of drug-likeness (QED) is 0.690. The summed E-state index contributed by atoms with van der Waals surface area (Å²) in [4.78, 5) is 3.45. The third kappa shape index (κ3) is 2.83. The number of rotatable bonds is 3. The smallest absolute Gasteiger partial charge is 0.236 e. The third-order valence-corrected chi connectivity index (χ3v) is 1.49. The summed E-state index contributed by atoms with van der Waals surface area (Å²) in [5.74, 6) is -0.653. The van der Waals surface area contributed by atoms with Crippen molar-refractivity contribution in [3.05, 3.63) is 29.9 Å². The van der Waals surface area contributed by atoms with Gasteiger partial charge < -0.3 is 10.8 Å². The van der Waals surface area contributed by atoms with Gasteiger partial charge in [0.2, 0.25) is 5.95 Å². The summed E-state index contributed by atoms with van der Waals surface area (Å²) in [6, 6.07) is 1.50. The number of aromatic nitrogens is 1. The summed E-state index contributed by atoms with van der Waals surface area (Å²) in [6.07, 6.45) is 5.46. The molecule has 0 bridgehead atoms. The molecule has 0 amide bonds. The maximum absolute atomic E-state index is 12.6. The van der Waals surface area contributed by atoms with Gasteiger partial charge in [-0.05, 0) is 18.1 Å². The fraction of sp³-hybridized carbons (Fsp3) is 0.222. The van der Waals surface area contributed by atoms with Crippen molar-refractivity contribution in [2.45, 2.75) is 6.42 Å². The number of nitrogens with two attached hydrogens (primary N) is 1. The van der Waals surface area contributed by atoms with Gasteiger partial charge in [-0.25, -0.2) is 4.98 Å². The summed E-state index contributed by atoms with van der Waals surface area (Å²) in [5, 5.41) is 8.49. The van der Waals surface area contributed by atoms with E-state index < -0.39 is 5.95 Å². The van der Waals surface area contributed by atoms with E-state index in [4.69, 9.17) is 10.8 Å². The molecule has 0 atom stereocenters. The van der Waals surface area contributed by atoms with Crippen LogP contribution in [0.1, 0.15) is 12.0 Å². The van der Waals surface area contributed by atoms with Gasteiger partial charge in [-0.15, -0.1) is 0 Å². The van der Waals surface area contributed by atoms with Gasteiger partial charge in [0.25, 0.3) is 0 Å². The number of aliphatic hydroxyl groups excluding tert-OH is 1. The molecule has 1 rings (SSSR count). The lowest BCUT2D eigenvalue weighted by molar-refractivity contribution is 0.303. The fourth-order valence-corrected chi connectivity index (χ4v) is 0.867. The Bertz CT molecular complexity index is 312. The second kappa shape index (κ2) is 4.57. The van der Waals surface area contributed by atoms with E-state index in [1.807, 2.05) is 0 Å². The van der Waals surface area contributed by atoms with Gasteiger partial charge in [0, 0.05) is 12.8 Å². The molecule has 13 heavy (non-hydrogen) atoms. The molecular weight excluding hydrogens is 171 g/mol. The monoisotopic (exact) mass is 182 g/mol. The number of halogens is 1. The molecule has 1 aromatic heterocycles. The number of nitrogen functional groups attached to an aromatic ring is 1. The molecule has 0 spiro atoms. The summed E-state index contributed by atoms with van der Waals surface area (Å²) in [6.45, 7) is 0.0978. The average Bonchev–Trinajstić information content (AvgIpc) is 2.12. The van der Waals surface area contributed by atoms with E-state index in [-0.39, 0.29) is 12.3 Å². The zero-order valence-corrected chi connectivity index (χ0v) is 7.07. The predicted octanol–water partition coefficient (Wildman–Crippen LogP) is 1.20. The Balaban J connectivity index is 2.73. The van der Waals surface area contributed by atoms with Crippen LogP contribution >= 0.6 is 0 Å². The second-order valence-corrected chi connectivity index (χ2v) is 2.56. The summed E-state index contributed by atoms with van der Waals surface area (Å²) in [7, 11) is 0. The lowest BCUT2D eigenvalue weighted by atomic mass is 10.2. The fourth-order valence-electron chi connectivity index (χ4n) is 0.867. The maximum atomic E-state index is 12.6. The predicted molar refractivity (Wildman–Crippen MR) is 49.3 cm³/mol. The summed E-state index contributed by atoms with van der Waals surface area (Å²) < 4.78 is 12.6. The Hall–Kier alpha value is -1.42. The maximum Gasteiger partial charge on any atom is 0.236 e. The minimum absolute atomic E-state index is 0.0335. The van der Waals surface area contributed by atoms with E-state index in [0.29, 0.717) is 6.42 Å². The van der Waals surface area contributed by atoms with E-state index in [1.54, 1.807) is 12.2 Å². The van der Waals surface area contributed by atoms with Crippen molar-refractivity contribution >= 4 is 11.8 Å². The molecule has 0 saturated carbocycles. The van der Waals surface area contributed by atoms with Gasteiger partial charge in [-0.1, -0.05) is 12.2 Å². The zero-order chi connectivity index (χ0) is 9.68. The molecule has 1 aromatic rings. The molecule has 0 aliphatic heterocycles. The van der Waals surface area contributed by atoms with Crippen LogP contribution in [-0.4, -0.2) is 16.7 Å². The summed E-state index contributed by atoms with van der Waals surface area (Å²) >= 11 is 0. The number of anilines is 1. The first-order chi connectivity index (χ1) is 6.24. The molecule has 4 heteroatoms. The van der Waals surface area contributed by atoms with E-state index in [1.165, 1.54) is 12.3 Å². The van der Waals surface area contributed by atoms with Gasteiger partial charge in [0.15, 0.2) is 0 Å². The van der Waals surface area contributed by atoms with Crippen molar-refractivity contribution in [2.24, 2.45) is 0 Å². The van der Waals surface area contributed by atoms with Crippen LogP contribution in [0.15, 0.2) is 18.3 Å². The van der Waals surface area contributed by atoms with Crippen molar-refractivity contribution in [1.82, 2.24) is 4.98 Å². The number of hydrogen-bond donors (Lipinski definition) is 2. The van der Waals surface area contributed by atoms with Gasteiger partial charge in [-0.2, -0.15) is 4.39 Å². The van der Waals surface area contributed by atoms with Crippen LogP contribution in [-0.2, 0) is 0 Å². The Morgan fingerprint density at radius 2 is 2.38 bits per heavy atom. The van der Waals surface area contributed by atoms with Crippen molar-refractivity contribution < 1.29 is 9.50 Å². The molecule has 0 fully saturated rings. The highest BCUT2D eigenvalue weighted by molar-refractivity contribution is 5.53. The van der Waals surface area contributed by atoms with E-state index in [0.717, 1.165) is 5.56 Å². The van der Waals surface area contributed by atoms with Gasteiger partial charge in [-0.3, -0.25) is 0 Å². The molecule has 0 aliphatic rings. The third-order valence-electron chi connectivity index (χ3n) is 1.49. The number of hydrogen-bond acceptors (Lipinski definition) is 3. The highest BCUT2D eigenvalue weighted by Gasteiger charge is 1.97. The highest BCUT2D eigenvalue weighted by Crippen LogP contribution is 2.10. The Kier molecular flexibility index (Phi) is 3.40. The standard InChI is InChI=1S/C9H11FN2O/c10-9-8(11)5-7(6-12-9)3-1-2-4-13/h1,3,5-6,13H,2,4,11H2. The Morgan fingerprint density at radius 3 is 3.00 bits per heavy atom. The molecule has 0 aromatic carbocycles. The molecule has 0 radical (unpaired) electrons. The number of nitrogens with zero attached hydrogens (tertiary/aromatic N) is 1. The molecule has 3 nitrogen and oxygen atoms in total. The van der Waals surface area contributed by atoms with Crippen LogP contribution in [0.2, 0.25) is 0 Å². The normalized spacial score (nSPS) is 10.9. The van der Waals surface area contributed by atoms with E-state index in [9.17, 15) is 4.39 Å². The molecule has 1 heterocycles. The lowest BCUT2D eigenvalue weighted by Gasteiger charge is -1.96. The SMILES string of the molecule is Nc1cc(C=CCCO)cnc1F. The first-order valence-electron chi connectivity index (χ1n) is 3.92. The van der Waals surface area contributed by atoms with Crippen molar-refractivity contribution in [2.75, 3.05) is 12.3 Å². The van der Waals surface area contributed by atoms with Crippen LogP contribution in [0, 0.1) is 5.95 Å². The molecular formula is C9H11FN2O. The average molecular weight is 182 g/mol. The topological polar surface area (TPSA) is 59.1 Å².